The standard InChI is InChI=1S/C42H76N2O8/c1-8-9-10-11-12-13-14-15-16-17-18-19-20-24-34(45)30-32(39(49)50)25-27-37(47)44-35(40(51)52)26-28-36(46)43-29-22-21-23-33(31-41(2,3)4)38(48)42(5,6)7/h32-33,35H,8-31H2,1-7H3,(H,43,46)(H,44,47)(H,49,50)(H,51,52)/t32?,33-,35+/m0/s1. The highest BCUT2D eigenvalue weighted by atomic mass is 16.4. The minimum absolute atomic E-state index is 0.0260. The number of amides is 2. The van der Waals surface area contributed by atoms with Gasteiger partial charge in [0.2, 0.25) is 11.8 Å². The number of hydrogen-bond acceptors (Lipinski definition) is 6. The van der Waals surface area contributed by atoms with Gasteiger partial charge < -0.3 is 20.8 Å². The molecule has 0 spiro atoms. The zero-order valence-corrected chi connectivity index (χ0v) is 34.0. The van der Waals surface area contributed by atoms with E-state index in [-0.39, 0.29) is 60.9 Å². The maximum Gasteiger partial charge on any atom is 0.326 e. The third kappa shape index (κ3) is 26.9. The van der Waals surface area contributed by atoms with Crippen molar-refractivity contribution < 1.29 is 39.0 Å². The van der Waals surface area contributed by atoms with Crippen molar-refractivity contribution in [3.63, 3.8) is 0 Å². The van der Waals surface area contributed by atoms with Crippen LogP contribution in [0.5, 0.6) is 0 Å². The van der Waals surface area contributed by atoms with Crippen molar-refractivity contribution in [3.8, 4) is 0 Å². The van der Waals surface area contributed by atoms with Crippen LogP contribution in [0.4, 0.5) is 0 Å². The molecule has 10 nitrogen and oxygen atoms in total. The molecule has 0 radical (unpaired) electrons. The van der Waals surface area contributed by atoms with Gasteiger partial charge in [0.15, 0.2) is 0 Å². The SMILES string of the molecule is CCCCCCCCCCCCCCCC(=O)CC(CCC(=O)N[C@H](CCC(=O)NCCCC[C@@H](CC(C)(C)C)C(=O)C(C)(C)C)C(=O)O)C(=O)O. The van der Waals surface area contributed by atoms with Gasteiger partial charge in [0.1, 0.15) is 17.6 Å². The molecule has 4 N–H and O–H groups in total. The summed E-state index contributed by atoms with van der Waals surface area (Å²) in [6, 6.07) is -1.29. The fourth-order valence-electron chi connectivity index (χ4n) is 6.64. The molecular formula is C42H76N2O8. The van der Waals surface area contributed by atoms with E-state index in [1.54, 1.807) is 0 Å². The molecular weight excluding hydrogens is 660 g/mol. The van der Waals surface area contributed by atoms with Crippen LogP contribution in [0, 0.1) is 22.7 Å². The first-order valence-electron chi connectivity index (χ1n) is 20.4. The zero-order valence-electron chi connectivity index (χ0n) is 34.0. The van der Waals surface area contributed by atoms with E-state index in [0.29, 0.717) is 19.4 Å². The van der Waals surface area contributed by atoms with Crippen molar-refractivity contribution in [2.45, 2.75) is 202 Å². The number of ketones is 2. The van der Waals surface area contributed by atoms with Crippen molar-refractivity contribution in [1.82, 2.24) is 10.6 Å². The van der Waals surface area contributed by atoms with Gasteiger partial charge in [0, 0.05) is 43.6 Å². The number of unbranched alkanes of at least 4 members (excludes halogenated alkanes) is 13. The number of hydrogen-bond donors (Lipinski definition) is 4. The van der Waals surface area contributed by atoms with Gasteiger partial charge >= 0.3 is 11.9 Å². The zero-order chi connectivity index (χ0) is 39.6. The normalized spacial score (nSPS) is 13.6. The Morgan fingerprint density at radius 1 is 0.558 bits per heavy atom. The Kier molecular flexibility index (Phi) is 26.3. The highest BCUT2D eigenvalue weighted by Gasteiger charge is 2.32. The summed E-state index contributed by atoms with van der Waals surface area (Å²) in [5.74, 6) is -4.32. The molecule has 0 aromatic carbocycles. The van der Waals surface area contributed by atoms with E-state index in [0.717, 1.165) is 44.9 Å². The lowest BCUT2D eigenvalue weighted by Gasteiger charge is -2.30. The Hall–Kier alpha value is -2.78. The largest absolute Gasteiger partial charge is 0.481 e. The van der Waals surface area contributed by atoms with Gasteiger partial charge in [-0.1, -0.05) is 132 Å². The van der Waals surface area contributed by atoms with E-state index in [4.69, 9.17) is 0 Å². The van der Waals surface area contributed by atoms with Crippen molar-refractivity contribution in [3.05, 3.63) is 0 Å². The molecule has 0 fully saturated rings. The Morgan fingerprint density at radius 3 is 1.56 bits per heavy atom. The predicted molar refractivity (Wildman–Crippen MR) is 208 cm³/mol. The lowest BCUT2D eigenvalue weighted by molar-refractivity contribution is -0.145. The number of rotatable bonds is 32. The summed E-state index contributed by atoms with van der Waals surface area (Å²) in [5.41, 5.74) is -0.388. The number of nitrogens with one attached hydrogen (secondary N) is 2. The van der Waals surface area contributed by atoms with Crippen LogP contribution in [-0.4, -0.2) is 58.1 Å². The number of carboxylic acid groups (broad SMARTS) is 2. The van der Waals surface area contributed by atoms with Gasteiger partial charge in [-0.15, -0.1) is 0 Å². The molecule has 2 amide bonds. The summed E-state index contributed by atoms with van der Waals surface area (Å²) in [6.07, 6.45) is 18.3. The third-order valence-corrected chi connectivity index (χ3v) is 9.67. The minimum atomic E-state index is -1.29. The molecule has 0 aliphatic carbocycles. The maximum atomic E-state index is 13.0. The molecule has 0 saturated heterocycles. The van der Waals surface area contributed by atoms with Crippen LogP contribution >= 0.6 is 0 Å². The van der Waals surface area contributed by atoms with E-state index in [2.05, 4.69) is 38.3 Å². The fourth-order valence-corrected chi connectivity index (χ4v) is 6.64. The molecule has 3 atom stereocenters. The summed E-state index contributed by atoms with van der Waals surface area (Å²) >= 11 is 0. The lowest BCUT2D eigenvalue weighted by atomic mass is 9.74. The first-order chi connectivity index (χ1) is 24.4. The molecule has 0 aromatic heterocycles. The molecule has 302 valence electrons. The Balaban J connectivity index is 4.39. The molecule has 10 heteroatoms. The average molecular weight is 737 g/mol. The van der Waals surface area contributed by atoms with Crippen molar-refractivity contribution in [1.29, 1.82) is 0 Å². The second kappa shape index (κ2) is 27.8. The summed E-state index contributed by atoms with van der Waals surface area (Å²) < 4.78 is 0. The monoisotopic (exact) mass is 737 g/mol. The Morgan fingerprint density at radius 2 is 1.08 bits per heavy atom. The number of carboxylic acids is 2. The van der Waals surface area contributed by atoms with E-state index in [1.165, 1.54) is 57.8 Å². The second-order valence-corrected chi connectivity index (χ2v) is 17.2. The van der Waals surface area contributed by atoms with Crippen molar-refractivity contribution >= 4 is 35.3 Å². The molecule has 52 heavy (non-hydrogen) atoms. The Bertz CT molecular complexity index is 1060. The van der Waals surface area contributed by atoms with Gasteiger partial charge in [-0.3, -0.25) is 24.0 Å². The summed E-state index contributed by atoms with van der Waals surface area (Å²) in [7, 11) is 0. The Labute approximate surface area is 315 Å². The topological polar surface area (TPSA) is 167 Å². The summed E-state index contributed by atoms with van der Waals surface area (Å²) in [6.45, 7) is 14.8. The molecule has 0 rings (SSSR count). The van der Waals surface area contributed by atoms with Crippen LogP contribution in [0.25, 0.3) is 0 Å². The van der Waals surface area contributed by atoms with E-state index in [1.807, 2.05) is 20.8 Å². The van der Waals surface area contributed by atoms with Crippen LogP contribution < -0.4 is 10.6 Å². The third-order valence-electron chi connectivity index (χ3n) is 9.67. The molecule has 1 unspecified atom stereocenters. The van der Waals surface area contributed by atoms with E-state index in [9.17, 15) is 39.0 Å². The van der Waals surface area contributed by atoms with Gasteiger partial charge in [-0.25, -0.2) is 4.79 Å². The van der Waals surface area contributed by atoms with Gasteiger partial charge in [0.25, 0.3) is 0 Å². The average Bonchev–Trinajstić information content (AvgIpc) is 3.04. The van der Waals surface area contributed by atoms with Gasteiger partial charge in [0.05, 0.1) is 5.92 Å². The lowest BCUT2D eigenvalue weighted by Crippen LogP contribution is -2.42. The summed E-state index contributed by atoms with van der Waals surface area (Å²) in [4.78, 5) is 74.0. The minimum Gasteiger partial charge on any atom is -0.481 e. The van der Waals surface area contributed by atoms with Crippen LogP contribution in [0.15, 0.2) is 0 Å². The summed E-state index contributed by atoms with van der Waals surface area (Å²) in [5, 5.41) is 24.4. The maximum absolute atomic E-state index is 13.0. The number of carbonyl (C=O) groups excluding carboxylic acids is 4. The van der Waals surface area contributed by atoms with Crippen LogP contribution in [-0.2, 0) is 28.8 Å². The molecule has 0 aliphatic heterocycles. The van der Waals surface area contributed by atoms with Crippen LogP contribution in [0.2, 0.25) is 0 Å². The van der Waals surface area contributed by atoms with Crippen molar-refractivity contribution in [2.24, 2.45) is 22.7 Å². The van der Waals surface area contributed by atoms with Crippen LogP contribution in [0.3, 0.4) is 0 Å². The first-order valence-corrected chi connectivity index (χ1v) is 20.4. The molecule has 0 aliphatic rings. The molecule has 0 saturated carbocycles. The van der Waals surface area contributed by atoms with Crippen LogP contribution in [0.1, 0.15) is 196 Å². The molecule has 0 heterocycles. The van der Waals surface area contributed by atoms with E-state index >= 15 is 0 Å². The number of aliphatic carboxylic acids is 2. The first kappa shape index (κ1) is 49.2. The highest BCUT2D eigenvalue weighted by molar-refractivity contribution is 5.87. The quantitative estimate of drug-likeness (QED) is 0.0496. The van der Waals surface area contributed by atoms with Crippen molar-refractivity contribution in [2.75, 3.05) is 6.54 Å². The fraction of sp³-hybridized carbons (Fsp3) is 0.857. The second-order valence-electron chi connectivity index (χ2n) is 17.2. The predicted octanol–water partition coefficient (Wildman–Crippen LogP) is 9.21. The van der Waals surface area contributed by atoms with E-state index < -0.39 is 35.2 Å². The molecule has 0 bridgehead atoms. The molecule has 0 aromatic rings. The van der Waals surface area contributed by atoms with Gasteiger partial charge in [-0.2, -0.15) is 0 Å². The number of Topliss-reactive ketones (excluding diaryl/α,β-unsaturated/α-hetero) is 2. The highest BCUT2D eigenvalue weighted by Crippen LogP contribution is 2.33. The van der Waals surface area contributed by atoms with Gasteiger partial charge in [-0.05, 0) is 43.9 Å². The number of carbonyl (C=O) groups is 6. The smallest absolute Gasteiger partial charge is 0.326 e.